The van der Waals surface area contributed by atoms with E-state index in [1.54, 1.807) is 0 Å². The Morgan fingerprint density at radius 3 is 2.76 bits per heavy atom. The first-order valence-electron chi connectivity index (χ1n) is 9.05. The van der Waals surface area contributed by atoms with Crippen molar-refractivity contribution in [2.45, 2.75) is 26.2 Å². The number of aromatic nitrogens is 2. The molecule has 1 aliphatic rings. The quantitative estimate of drug-likeness (QED) is 0.427. The predicted molar refractivity (Wildman–Crippen MR) is 104 cm³/mol. The highest BCUT2D eigenvalue weighted by Gasteiger charge is 2.23. The molecule has 0 unspecified atom stereocenters. The summed E-state index contributed by atoms with van der Waals surface area (Å²) in [4.78, 5) is 9.42. The smallest absolute Gasteiger partial charge is 0.0760 e. The molecule has 0 radical (unpaired) electrons. The van der Waals surface area contributed by atoms with E-state index in [2.05, 4.69) is 54.4 Å². The first-order valence-corrected chi connectivity index (χ1v) is 9.05. The third kappa shape index (κ3) is 2.32. The molecule has 0 spiro atoms. The first-order chi connectivity index (χ1) is 12.3. The Kier molecular flexibility index (Phi) is 3.30. The van der Waals surface area contributed by atoms with E-state index in [1.165, 1.54) is 33.7 Å². The van der Waals surface area contributed by atoms with E-state index >= 15 is 0 Å². The van der Waals surface area contributed by atoms with Gasteiger partial charge in [0.25, 0.3) is 0 Å². The molecule has 0 saturated heterocycles. The summed E-state index contributed by atoms with van der Waals surface area (Å²) in [6.07, 6.45) is 7.26. The van der Waals surface area contributed by atoms with Crippen LogP contribution in [0.5, 0.6) is 0 Å². The van der Waals surface area contributed by atoms with E-state index in [1.807, 2.05) is 18.5 Å². The largest absolute Gasteiger partial charge is 0.264 e. The monoisotopic (exact) mass is 324 g/mol. The maximum atomic E-state index is 5.10. The zero-order valence-electron chi connectivity index (χ0n) is 14.4. The second-order valence-electron chi connectivity index (χ2n) is 7.19. The maximum absolute atomic E-state index is 5.10. The zero-order chi connectivity index (χ0) is 16.8. The van der Waals surface area contributed by atoms with Crippen LogP contribution < -0.4 is 0 Å². The molecule has 2 heteroatoms. The van der Waals surface area contributed by atoms with Crippen molar-refractivity contribution in [1.82, 2.24) is 9.97 Å². The maximum Gasteiger partial charge on any atom is 0.0760 e. The highest BCUT2D eigenvalue weighted by Crippen LogP contribution is 2.39. The molecular weight excluding hydrogens is 304 g/mol. The Bertz CT molecular complexity index is 1080. The van der Waals surface area contributed by atoms with Crippen molar-refractivity contribution in [2.75, 3.05) is 0 Å². The Morgan fingerprint density at radius 1 is 0.960 bits per heavy atom. The first kappa shape index (κ1) is 14.6. The summed E-state index contributed by atoms with van der Waals surface area (Å²) in [6.45, 7) is 2.35. The van der Waals surface area contributed by atoms with Gasteiger partial charge in [-0.25, -0.2) is 4.98 Å². The number of hydrogen-bond donors (Lipinski definition) is 0. The minimum Gasteiger partial charge on any atom is -0.264 e. The van der Waals surface area contributed by atoms with E-state index in [0.29, 0.717) is 5.92 Å². The molecule has 1 aliphatic carbocycles. The van der Waals surface area contributed by atoms with Gasteiger partial charge in [0.15, 0.2) is 0 Å². The fourth-order valence-electron chi connectivity index (χ4n) is 4.23. The number of benzene rings is 2. The van der Waals surface area contributed by atoms with Gasteiger partial charge in [-0.3, -0.25) is 4.98 Å². The van der Waals surface area contributed by atoms with Gasteiger partial charge in [-0.05, 0) is 65.3 Å². The molecular formula is C23H20N2. The third-order valence-electron chi connectivity index (χ3n) is 5.47. The molecule has 0 saturated carbocycles. The molecule has 2 nitrogen and oxygen atoms in total. The summed E-state index contributed by atoms with van der Waals surface area (Å²) in [6, 6.07) is 17.2. The normalized spacial score (nSPS) is 16.9. The summed E-state index contributed by atoms with van der Waals surface area (Å²) in [5.41, 5.74) is 6.28. The number of aryl methyl sites for hydroxylation is 1. The van der Waals surface area contributed by atoms with Crippen LogP contribution >= 0.6 is 0 Å². The molecule has 122 valence electrons. The summed E-state index contributed by atoms with van der Waals surface area (Å²) in [5.74, 6) is 0.706. The summed E-state index contributed by atoms with van der Waals surface area (Å²) >= 11 is 0. The summed E-state index contributed by atoms with van der Waals surface area (Å²) in [5, 5.41) is 3.98. The topological polar surface area (TPSA) is 25.8 Å². The van der Waals surface area contributed by atoms with E-state index < -0.39 is 0 Å². The van der Waals surface area contributed by atoms with Crippen molar-refractivity contribution < 1.29 is 0 Å². The van der Waals surface area contributed by atoms with Crippen LogP contribution in [0.25, 0.3) is 32.9 Å². The third-order valence-corrected chi connectivity index (χ3v) is 5.47. The Labute approximate surface area is 147 Å². The molecule has 1 atom stereocenters. The minimum absolute atomic E-state index is 0.706. The van der Waals surface area contributed by atoms with E-state index in [0.717, 1.165) is 29.6 Å². The fraction of sp³-hybridized carbons (Fsp3) is 0.217. The average Bonchev–Trinajstić information content (AvgIpc) is 2.67. The lowest BCUT2D eigenvalue weighted by Crippen LogP contribution is -2.14. The van der Waals surface area contributed by atoms with Crippen LogP contribution in [0.4, 0.5) is 0 Å². The molecule has 2 aromatic heterocycles. The second-order valence-corrected chi connectivity index (χ2v) is 7.19. The van der Waals surface area contributed by atoms with Crippen molar-refractivity contribution in [3.05, 3.63) is 72.1 Å². The van der Waals surface area contributed by atoms with Gasteiger partial charge in [0.2, 0.25) is 0 Å². The lowest BCUT2D eigenvalue weighted by molar-refractivity contribution is 0.503. The highest BCUT2D eigenvalue weighted by molar-refractivity contribution is 6.09. The van der Waals surface area contributed by atoms with Gasteiger partial charge in [0, 0.05) is 23.3 Å². The van der Waals surface area contributed by atoms with Gasteiger partial charge < -0.3 is 0 Å². The van der Waals surface area contributed by atoms with Crippen molar-refractivity contribution in [3.8, 4) is 11.3 Å². The molecule has 25 heavy (non-hydrogen) atoms. The molecule has 0 bridgehead atoms. The number of hydrogen-bond acceptors (Lipinski definition) is 2. The Balaban J connectivity index is 1.91. The van der Waals surface area contributed by atoms with Crippen molar-refractivity contribution in [3.63, 3.8) is 0 Å². The predicted octanol–water partition coefficient (Wildman–Crippen LogP) is 5.57. The minimum atomic E-state index is 0.706. The van der Waals surface area contributed by atoms with Crippen LogP contribution in [0.15, 0.2) is 60.9 Å². The van der Waals surface area contributed by atoms with Gasteiger partial charge in [-0.2, -0.15) is 0 Å². The van der Waals surface area contributed by atoms with Gasteiger partial charge in [-0.15, -0.1) is 0 Å². The Hall–Kier alpha value is -2.74. The van der Waals surface area contributed by atoms with Crippen LogP contribution in [-0.4, -0.2) is 9.97 Å². The molecule has 2 heterocycles. The van der Waals surface area contributed by atoms with E-state index in [4.69, 9.17) is 4.98 Å². The van der Waals surface area contributed by atoms with Crippen molar-refractivity contribution in [1.29, 1.82) is 0 Å². The van der Waals surface area contributed by atoms with E-state index in [-0.39, 0.29) is 0 Å². The van der Waals surface area contributed by atoms with Crippen LogP contribution in [-0.2, 0) is 12.8 Å². The molecule has 0 amide bonds. The standard InChI is InChI=1S/C23H20N2/c1-15-8-10-19-20(13-15)23(17-6-4-12-24-14-17)25-21-11-9-16-5-2-3-7-18(16)22(19)21/h2-7,9,11-12,14-15H,8,10,13H2,1H3/t15-/m1/s1. The van der Waals surface area contributed by atoms with Gasteiger partial charge >= 0.3 is 0 Å². The molecule has 2 aromatic carbocycles. The summed E-state index contributed by atoms with van der Waals surface area (Å²) < 4.78 is 0. The van der Waals surface area contributed by atoms with Crippen LogP contribution in [0, 0.1) is 5.92 Å². The van der Waals surface area contributed by atoms with Crippen molar-refractivity contribution in [2.24, 2.45) is 5.92 Å². The second kappa shape index (κ2) is 5.66. The number of nitrogens with zero attached hydrogens (tertiary/aromatic N) is 2. The number of fused-ring (bicyclic) bond motifs is 5. The van der Waals surface area contributed by atoms with Crippen LogP contribution in [0.3, 0.4) is 0 Å². The van der Waals surface area contributed by atoms with Gasteiger partial charge in [0.05, 0.1) is 11.2 Å². The number of pyridine rings is 2. The highest BCUT2D eigenvalue weighted by atomic mass is 14.7. The average molecular weight is 324 g/mol. The lowest BCUT2D eigenvalue weighted by atomic mass is 9.80. The van der Waals surface area contributed by atoms with Crippen molar-refractivity contribution >= 4 is 21.7 Å². The molecule has 5 rings (SSSR count). The molecule has 0 aliphatic heterocycles. The van der Waals surface area contributed by atoms with Gasteiger partial charge in [0.1, 0.15) is 0 Å². The molecule has 4 aromatic rings. The lowest BCUT2D eigenvalue weighted by Gasteiger charge is -2.26. The van der Waals surface area contributed by atoms with Crippen LogP contribution in [0.1, 0.15) is 24.5 Å². The molecule has 0 fully saturated rings. The van der Waals surface area contributed by atoms with Crippen LogP contribution in [0.2, 0.25) is 0 Å². The number of rotatable bonds is 1. The van der Waals surface area contributed by atoms with Gasteiger partial charge in [-0.1, -0.05) is 37.3 Å². The van der Waals surface area contributed by atoms with E-state index in [9.17, 15) is 0 Å². The Morgan fingerprint density at radius 2 is 1.88 bits per heavy atom. The SMILES string of the molecule is C[C@@H]1CCc2c(c(-c3cccnc3)nc3ccc4ccccc4c23)C1. The zero-order valence-corrected chi connectivity index (χ0v) is 14.4. The molecule has 0 N–H and O–H groups in total. The fourth-order valence-corrected chi connectivity index (χ4v) is 4.23. The summed E-state index contributed by atoms with van der Waals surface area (Å²) in [7, 11) is 0.